The third kappa shape index (κ3) is 4.49. The molecule has 0 N–H and O–H groups in total. The van der Waals surface area contributed by atoms with Crippen LogP contribution in [0.3, 0.4) is 0 Å². The van der Waals surface area contributed by atoms with Crippen LogP contribution in [0.1, 0.15) is 16.8 Å². The molecular weight excluding hydrogens is 370 g/mol. The number of benzene rings is 2. The molecule has 27 heavy (non-hydrogen) atoms. The summed E-state index contributed by atoms with van der Waals surface area (Å²) in [5.74, 6) is -1.29. The molecule has 2 aromatic rings. The third-order valence-corrected chi connectivity index (χ3v) is 5.10. The number of ketones is 1. The quantitative estimate of drug-likeness (QED) is 0.548. The largest absolute Gasteiger partial charge is 0.294 e. The molecule has 7 heteroatoms. The molecule has 1 amide bonds. The average Bonchev–Trinajstić information content (AvgIpc) is 2.93. The van der Waals surface area contributed by atoms with E-state index in [9.17, 15) is 18.4 Å². The number of rotatable bonds is 6. The Labute approximate surface area is 159 Å². The van der Waals surface area contributed by atoms with Crippen LogP contribution in [0.5, 0.6) is 0 Å². The van der Waals surface area contributed by atoms with Gasteiger partial charge in [-0.15, -0.1) is 6.58 Å². The van der Waals surface area contributed by atoms with Crippen molar-refractivity contribution in [1.29, 1.82) is 0 Å². The van der Waals surface area contributed by atoms with Crippen LogP contribution in [0.4, 0.5) is 14.5 Å². The van der Waals surface area contributed by atoms with Crippen LogP contribution in [0, 0.1) is 11.6 Å². The molecule has 1 aliphatic heterocycles. The number of halogens is 2. The lowest BCUT2D eigenvalue weighted by molar-refractivity contribution is -0.125. The Bertz CT molecular complexity index is 895. The van der Waals surface area contributed by atoms with Crippen molar-refractivity contribution in [3.05, 3.63) is 78.4 Å². The first-order valence-corrected chi connectivity index (χ1v) is 9.08. The predicted molar refractivity (Wildman–Crippen MR) is 102 cm³/mol. The van der Waals surface area contributed by atoms with Gasteiger partial charge in [-0.2, -0.15) is 0 Å². The van der Waals surface area contributed by atoms with E-state index in [0.717, 1.165) is 0 Å². The van der Waals surface area contributed by atoms with Crippen LogP contribution < -0.4 is 0 Å². The number of Topliss-reactive ketones (excluding diaryl/α,β-unsaturated/α-hetero) is 1. The number of amidine groups is 1. The van der Waals surface area contributed by atoms with Gasteiger partial charge in [-0.05, 0) is 48.5 Å². The second-order valence-corrected chi connectivity index (χ2v) is 7.02. The molecule has 0 saturated carbocycles. The van der Waals surface area contributed by atoms with E-state index in [1.54, 1.807) is 6.08 Å². The highest BCUT2D eigenvalue weighted by atomic mass is 32.2. The smallest absolute Gasteiger partial charge is 0.242 e. The summed E-state index contributed by atoms with van der Waals surface area (Å²) < 4.78 is 26.1. The van der Waals surface area contributed by atoms with Crippen LogP contribution in [-0.4, -0.2) is 33.6 Å². The van der Waals surface area contributed by atoms with E-state index in [-0.39, 0.29) is 30.5 Å². The molecule has 3 rings (SSSR count). The fraction of sp³-hybridized carbons (Fsp3) is 0.150. The van der Waals surface area contributed by atoms with Gasteiger partial charge in [-0.25, -0.2) is 13.8 Å². The van der Waals surface area contributed by atoms with Crippen molar-refractivity contribution in [2.45, 2.75) is 11.7 Å². The maximum absolute atomic E-state index is 13.1. The molecule has 0 bridgehead atoms. The first kappa shape index (κ1) is 19.0. The summed E-state index contributed by atoms with van der Waals surface area (Å²) in [5.41, 5.74) is 0.857. The number of carbonyl (C=O) groups is 2. The van der Waals surface area contributed by atoms with E-state index in [1.807, 2.05) is 0 Å². The van der Waals surface area contributed by atoms with Crippen molar-refractivity contribution in [2.75, 3.05) is 6.54 Å². The number of thioether (sulfide) groups is 1. The summed E-state index contributed by atoms with van der Waals surface area (Å²) in [6.45, 7) is 3.90. The van der Waals surface area contributed by atoms with E-state index >= 15 is 0 Å². The summed E-state index contributed by atoms with van der Waals surface area (Å²) >= 11 is 1.18. The fourth-order valence-corrected chi connectivity index (χ4v) is 3.74. The van der Waals surface area contributed by atoms with Gasteiger partial charge >= 0.3 is 0 Å². The molecule has 1 atom stereocenters. The average molecular weight is 386 g/mol. The molecule has 2 aromatic carbocycles. The van der Waals surface area contributed by atoms with Crippen molar-refractivity contribution < 1.29 is 18.4 Å². The van der Waals surface area contributed by atoms with E-state index in [2.05, 4.69) is 11.6 Å². The number of carbonyl (C=O) groups excluding carboxylic acids is 2. The number of hydrogen-bond donors (Lipinski definition) is 0. The zero-order valence-corrected chi connectivity index (χ0v) is 15.1. The Morgan fingerprint density at radius 2 is 1.70 bits per heavy atom. The van der Waals surface area contributed by atoms with Gasteiger partial charge in [0.2, 0.25) is 5.91 Å². The molecule has 4 nitrogen and oxygen atoms in total. The van der Waals surface area contributed by atoms with E-state index in [4.69, 9.17) is 0 Å². The fourth-order valence-electron chi connectivity index (χ4n) is 2.57. The topological polar surface area (TPSA) is 49.7 Å². The molecule has 0 spiro atoms. The lowest BCUT2D eigenvalue weighted by Crippen LogP contribution is -2.32. The summed E-state index contributed by atoms with van der Waals surface area (Å²) in [7, 11) is 0. The van der Waals surface area contributed by atoms with Crippen LogP contribution in [0.2, 0.25) is 0 Å². The second kappa shape index (κ2) is 8.26. The number of hydrogen-bond acceptors (Lipinski definition) is 4. The van der Waals surface area contributed by atoms with Crippen LogP contribution in [-0.2, 0) is 4.79 Å². The molecule has 0 aliphatic carbocycles. The standard InChI is InChI=1S/C20H16F2N2O2S/c1-2-11-24-19(26)18(12-17(25)13-3-5-14(21)6-4-13)27-20(24)23-16-9-7-15(22)8-10-16/h2-10,18H,1,11-12H2/t18-/m0/s1. The Balaban J connectivity index is 1.79. The summed E-state index contributed by atoms with van der Waals surface area (Å²) in [5, 5.41) is -0.190. The van der Waals surface area contributed by atoms with Gasteiger partial charge in [0.15, 0.2) is 11.0 Å². The highest BCUT2D eigenvalue weighted by Crippen LogP contribution is 2.32. The molecule has 138 valence electrons. The summed E-state index contributed by atoms with van der Waals surface area (Å²) in [6, 6.07) is 10.8. The van der Waals surface area contributed by atoms with Crippen molar-refractivity contribution in [3.63, 3.8) is 0 Å². The third-order valence-electron chi connectivity index (χ3n) is 3.92. The van der Waals surface area contributed by atoms with E-state index < -0.39 is 11.1 Å². The molecule has 0 unspecified atom stereocenters. The number of nitrogens with zero attached hydrogens (tertiary/aromatic N) is 2. The lowest BCUT2D eigenvalue weighted by atomic mass is 10.1. The van der Waals surface area contributed by atoms with Crippen LogP contribution in [0.25, 0.3) is 0 Å². The maximum Gasteiger partial charge on any atom is 0.242 e. The molecule has 0 aromatic heterocycles. The molecule has 0 radical (unpaired) electrons. The minimum atomic E-state index is -0.623. The predicted octanol–water partition coefficient (Wildman–Crippen LogP) is 4.36. The van der Waals surface area contributed by atoms with Gasteiger partial charge < -0.3 is 0 Å². The van der Waals surface area contributed by atoms with Gasteiger partial charge in [-0.1, -0.05) is 17.8 Å². The van der Waals surface area contributed by atoms with Gasteiger partial charge in [0.05, 0.1) is 10.9 Å². The van der Waals surface area contributed by atoms with Gasteiger partial charge in [0, 0.05) is 18.5 Å². The first-order chi connectivity index (χ1) is 13.0. The number of amides is 1. The number of aliphatic imine (C=N–C) groups is 1. The highest BCUT2D eigenvalue weighted by molar-refractivity contribution is 8.15. The summed E-state index contributed by atoms with van der Waals surface area (Å²) in [4.78, 5) is 30.9. The van der Waals surface area contributed by atoms with Gasteiger partial charge in [0.1, 0.15) is 11.6 Å². The van der Waals surface area contributed by atoms with Crippen molar-refractivity contribution in [2.24, 2.45) is 4.99 Å². The first-order valence-electron chi connectivity index (χ1n) is 8.20. The van der Waals surface area contributed by atoms with Crippen molar-refractivity contribution in [3.8, 4) is 0 Å². The van der Waals surface area contributed by atoms with Gasteiger partial charge in [-0.3, -0.25) is 14.5 Å². The zero-order chi connectivity index (χ0) is 19.4. The molecular formula is C20H16F2N2O2S. The lowest BCUT2D eigenvalue weighted by Gasteiger charge is -2.13. The van der Waals surface area contributed by atoms with Crippen molar-refractivity contribution in [1.82, 2.24) is 4.90 Å². The maximum atomic E-state index is 13.1. The SMILES string of the molecule is C=CCN1C(=O)[C@H](CC(=O)c2ccc(F)cc2)SC1=Nc1ccc(F)cc1. The molecule has 1 saturated heterocycles. The Morgan fingerprint density at radius 1 is 1.11 bits per heavy atom. The zero-order valence-electron chi connectivity index (χ0n) is 14.3. The van der Waals surface area contributed by atoms with E-state index in [0.29, 0.717) is 16.4 Å². The minimum absolute atomic E-state index is 0.0226. The monoisotopic (exact) mass is 386 g/mol. The molecule has 1 aliphatic rings. The van der Waals surface area contributed by atoms with Crippen LogP contribution >= 0.6 is 11.8 Å². The Hall–Kier alpha value is -2.80. The minimum Gasteiger partial charge on any atom is -0.294 e. The summed E-state index contributed by atoms with van der Waals surface area (Å²) in [6.07, 6.45) is 1.55. The highest BCUT2D eigenvalue weighted by Gasteiger charge is 2.38. The Morgan fingerprint density at radius 3 is 2.30 bits per heavy atom. The van der Waals surface area contributed by atoms with Crippen molar-refractivity contribution >= 4 is 34.3 Å². The second-order valence-electron chi connectivity index (χ2n) is 5.85. The van der Waals surface area contributed by atoms with E-state index in [1.165, 1.54) is 65.2 Å². The van der Waals surface area contributed by atoms with Crippen LogP contribution in [0.15, 0.2) is 66.2 Å². The molecule has 1 heterocycles. The normalized spacial score (nSPS) is 18.1. The van der Waals surface area contributed by atoms with Gasteiger partial charge in [0.25, 0.3) is 0 Å². The molecule has 1 fully saturated rings. The Kier molecular flexibility index (Phi) is 5.81.